The Morgan fingerprint density at radius 3 is 2.58 bits per heavy atom. The molecule has 0 bridgehead atoms. The van der Waals surface area contributed by atoms with Crippen LogP contribution in [0.15, 0.2) is 47.3 Å². The molecule has 0 fully saturated rings. The van der Waals surface area contributed by atoms with Crippen LogP contribution in [-0.4, -0.2) is 24.8 Å². The minimum absolute atomic E-state index is 0.129. The molecule has 2 aromatic rings. The second-order valence-corrected chi connectivity index (χ2v) is 4.52. The second kappa shape index (κ2) is 7.53. The van der Waals surface area contributed by atoms with Gasteiger partial charge in [-0.25, -0.2) is 4.79 Å². The summed E-state index contributed by atoms with van der Waals surface area (Å²) in [4.78, 5) is 23.1. The Morgan fingerprint density at radius 1 is 1.17 bits per heavy atom. The van der Waals surface area contributed by atoms with Gasteiger partial charge in [-0.15, -0.1) is 13.2 Å². The van der Waals surface area contributed by atoms with E-state index in [1.54, 1.807) is 0 Å². The number of carbonyl (C=O) groups excluding carboxylic acids is 2. The highest BCUT2D eigenvalue weighted by molar-refractivity contribution is 5.90. The van der Waals surface area contributed by atoms with E-state index in [2.05, 4.69) is 10.1 Å². The minimum atomic E-state index is -4.83. The van der Waals surface area contributed by atoms with Crippen molar-refractivity contribution in [2.45, 2.75) is 12.9 Å². The molecular weight excluding hydrogens is 331 g/mol. The lowest BCUT2D eigenvalue weighted by molar-refractivity contribution is -0.274. The summed E-state index contributed by atoms with van der Waals surface area (Å²) in [7, 11) is 0. The molecule has 1 aromatic heterocycles. The summed E-state index contributed by atoms with van der Waals surface area (Å²) in [5.41, 5.74) is 0.274. The van der Waals surface area contributed by atoms with Gasteiger partial charge in [0.15, 0.2) is 6.61 Å². The standard InChI is InChI=1S/C15H12F3NO5/c16-15(17,18)24-12-4-2-1-3-10(12)7-19-13(20)9-23-14(21)11-5-6-22-8-11/h1-6,8H,7,9H2,(H,19,20). The number of rotatable bonds is 6. The zero-order chi connectivity index (χ0) is 17.6. The predicted molar refractivity (Wildman–Crippen MR) is 74.0 cm³/mol. The molecule has 0 radical (unpaired) electrons. The van der Waals surface area contributed by atoms with Crippen LogP contribution >= 0.6 is 0 Å². The third kappa shape index (κ3) is 5.34. The lowest BCUT2D eigenvalue weighted by Gasteiger charge is -2.13. The number of carbonyl (C=O) groups is 2. The summed E-state index contributed by atoms with van der Waals surface area (Å²) in [6.07, 6.45) is -2.40. The number of para-hydroxylation sites is 1. The lowest BCUT2D eigenvalue weighted by Crippen LogP contribution is -2.29. The molecule has 0 saturated heterocycles. The SMILES string of the molecule is O=C(COC(=O)c1ccoc1)NCc1ccccc1OC(F)(F)F. The highest BCUT2D eigenvalue weighted by Gasteiger charge is 2.31. The van der Waals surface area contributed by atoms with Crippen molar-refractivity contribution in [3.63, 3.8) is 0 Å². The van der Waals surface area contributed by atoms with Gasteiger partial charge < -0.3 is 19.2 Å². The van der Waals surface area contributed by atoms with Crippen molar-refractivity contribution in [1.29, 1.82) is 0 Å². The van der Waals surface area contributed by atoms with Crippen LogP contribution in [0.5, 0.6) is 5.75 Å². The molecule has 1 amide bonds. The smallest absolute Gasteiger partial charge is 0.472 e. The summed E-state index contributed by atoms with van der Waals surface area (Å²) in [6, 6.07) is 6.75. The van der Waals surface area contributed by atoms with Gasteiger partial charge >= 0.3 is 12.3 Å². The third-order valence-electron chi connectivity index (χ3n) is 2.77. The molecule has 0 aliphatic rings. The maximum atomic E-state index is 12.3. The quantitative estimate of drug-likeness (QED) is 0.816. The Balaban J connectivity index is 1.85. The van der Waals surface area contributed by atoms with Crippen molar-refractivity contribution in [2.24, 2.45) is 0 Å². The molecule has 2 rings (SSSR count). The molecule has 24 heavy (non-hydrogen) atoms. The first kappa shape index (κ1) is 17.4. The van der Waals surface area contributed by atoms with Gasteiger partial charge in [0.1, 0.15) is 12.0 Å². The normalized spacial score (nSPS) is 11.0. The fourth-order valence-electron chi connectivity index (χ4n) is 1.71. The summed E-state index contributed by atoms with van der Waals surface area (Å²) in [5, 5.41) is 2.34. The molecule has 0 atom stereocenters. The summed E-state index contributed by atoms with van der Waals surface area (Å²) < 4.78 is 50.2. The molecule has 0 aliphatic heterocycles. The number of furan rings is 1. The molecule has 1 N–H and O–H groups in total. The van der Waals surface area contributed by atoms with Crippen LogP contribution in [0, 0.1) is 0 Å². The largest absolute Gasteiger partial charge is 0.573 e. The highest BCUT2D eigenvalue weighted by atomic mass is 19.4. The first-order chi connectivity index (χ1) is 11.3. The van der Waals surface area contributed by atoms with Gasteiger partial charge in [0.25, 0.3) is 5.91 Å². The third-order valence-corrected chi connectivity index (χ3v) is 2.77. The number of amides is 1. The monoisotopic (exact) mass is 343 g/mol. The highest BCUT2D eigenvalue weighted by Crippen LogP contribution is 2.25. The van der Waals surface area contributed by atoms with Crippen molar-refractivity contribution in [3.05, 3.63) is 54.0 Å². The van der Waals surface area contributed by atoms with E-state index in [-0.39, 0.29) is 17.7 Å². The maximum absolute atomic E-state index is 12.3. The van der Waals surface area contributed by atoms with Crippen LogP contribution in [0.2, 0.25) is 0 Å². The Labute approximate surface area is 134 Å². The average molecular weight is 343 g/mol. The van der Waals surface area contributed by atoms with Crippen LogP contribution in [-0.2, 0) is 16.1 Å². The van der Waals surface area contributed by atoms with Crippen LogP contribution in [0.25, 0.3) is 0 Å². The van der Waals surface area contributed by atoms with Gasteiger partial charge in [0, 0.05) is 12.1 Å². The van der Waals surface area contributed by atoms with E-state index >= 15 is 0 Å². The molecule has 0 saturated carbocycles. The number of ether oxygens (including phenoxy) is 2. The van der Waals surface area contributed by atoms with E-state index < -0.39 is 30.6 Å². The molecule has 1 aromatic carbocycles. The van der Waals surface area contributed by atoms with Gasteiger partial charge in [-0.1, -0.05) is 18.2 Å². The maximum Gasteiger partial charge on any atom is 0.573 e. The van der Waals surface area contributed by atoms with Crippen LogP contribution in [0.4, 0.5) is 13.2 Å². The van der Waals surface area contributed by atoms with Crippen molar-refractivity contribution in [3.8, 4) is 5.75 Å². The van der Waals surface area contributed by atoms with Crippen LogP contribution in [0.3, 0.4) is 0 Å². The van der Waals surface area contributed by atoms with E-state index in [0.717, 1.165) is 12.3 Å². The average Bonchev–Trinajstić information content (AvgIpc) is 3.04. The van der Waals surface area contributed by atoms with E-state index in [1.807, 2.05) is 0 Å². The number of esters is 1. The topological polar surface area (TPSA) is 77.8 Å². The molecule has 1 heterocycles. The van der Waals surface area contributed by atoms with E-state index in [0.29, 0.717) is 0 Å². The van der Waals surface area contributed by atoms with Crippen molar-refractivity contribution in [1.82, 2.24) is 5.32 Å². The van der Waals surface area contributed by atoms with Crippen LogP contribution < -0.4 is 10.1 Å². The number of hydrogen-bond donors (Lipinski definition) is 1. The predicted octanol–water partition coefficient (Wildman–Crippen LogP) is 2.65. The lowest BCUT2D eigenvalue weighted by atomic mass is 10.2. The van der Waals surface area contributed by atoms with Crippen LogP contribution in [0.1, 0.15) is 15.9 Å². The van der Waals surface area contributed by atoms with Crippen molar-refractivity contribution < 1.29 is 36.7 Å². The van der Waals surface area contributed by atoms with Crippen molar-refractivity contribution >= 4 is 11.9 Å². The molecule has 9 heteroatoms. The van der Waals surface area contributed by atoms with Gasteiger partial charge in [0.2, 0.25) is 0 Å². The number of nitrogens with one attached hydrogen (secondary N) is 1. The fourth-order valence-corrected chi connectivity index (χ4v) is 1.71. The van der Waals surface area contributed by atoms with E-state index in [1.165, 1.54) is 30.5 Å². The first-order valence-corrected chi connectivity index (χ1v) is 6.65. The Kier molecular flexibility index (Phi) is 5.46. The van der Waals surface area contributed by atoms with Gasteiger partial charge in [-0.05, 0) is 12.1 Å². The van der Waals surface area contributed by atoms with Gasteiger partial charge in [0.05, 0.1) is 11.8 Å². The van der Waals surface area contributed by atoms with E-state index in [9.17, 15) is 22.8 Å². The number of hydrogen-bond acceptors (Lipinski definition) is 5. The minimum Gasteiger partial charge on any atom is -0.472 e. The molecule has 0 spiro atoms. The molecule has 0 unspecified atom stereocenters. The molecular formula is C15H12F3NO5. The Morgan fingerprint density at radius 2 is 1.92 bits per heavy atom. The number of benzene rings is 1. The summed E-state index contributed by atoms with van der Waals surface area (Å²) in [5.74, 6) is -1.84. The van der Waals surface area contributed by atoms with Gasteiger partial charge in [-0.2, -0.15) is 0 Å². The number of halogens is 3. The second-order valence-electron chi connectivity index (χ2n) is 4.52. The number of alkyl halides is 3. The summed E-state index contributed by atoms with van der Waals surface area (Å²) in [6.45, 7) is -0.791. The zero-order valence-corrected chi connectivity index (χ0v) is 12.1. The molecule has 0 aliphatic carbocycles. The Bertz CT molecular complexity index is 697. The Hall–Kier alpha value is -2.97. The molecule has 128 valence electrons. The first-order valence-electron chi connectivity index (χ1n) is 6.65. The van der Waals surface area contributed by atoms with Crippen molar-refractivity contribution in [2.75, 3.05) is 6.61 Å². The van der Waals surface area contributed by atoms with Gasteiger partial charge in [-0.3, -0.25) is 4.79 Å². The summed E-state index contributed by atoms with van der Waals surface area (Å²) >= 11 is 0. The molecule has 6 nitrogen and oxygen atoms in total. The zero-order valence-electron chi connectivity index (χ0n) is 12.1. The van der Waals surface area contributed by atoms with E-state index in [4.69, 9.17) is 9.15 Å². The fraction of sp³-hybridized carbons (Fsp3) is 0.200.